The minimum atomic E-state index is -1.25. The van der Waals surface area contributed by atoms with E-state index in [9.17, 15) is 4.21 Å². The minimum absolute atomic E-state index is 0.347. The Morgan fingerprint density at radius 1 is 1.41 bits per heavy atom. The van der Waals surface area contributed by atoms with E-state index in [1.54, 1.807) is 0 Å². The molecule has 0 radical (unpaired) electrons. The van der Waals surface area contributed by atoms with Gasteiger partial charge in [0.15, 0.2) is 0 Å². The molecule has 0 saturated heterocycles. The van der Waals surface area contributed by atoms with Crippen LogP contribution >= 0.6 is 27.5 Å². The van der Waals surface area contributed by atoms with Gasteiger partial charge in [0.25, 0.3) is 0 Å². The molecule has 0 aliphatic rings. The van der Waals surface area contributed by atoms with Crippen molar-refractivity contribution in [3.8, 4) is 0 Å². The number of hydrogen-bond acceptors (Lipinski definition) is 1. The molecule has 0 saturated carbocycles. The molecular weight excluding hydrogens is 322 g/mol. The minimum Gasteiger partial charge on any atom is -0.234 e. The van der Waals surface area contributed by atoms with Gasteiger partial charge < -0.3 is 0 Å². The fraction of sp³-hybridized carbons (Fsp3) is 0.417. The molecular formula is C12H15BrClNOS. The second kappa shape index (κ2) is 5.63. The molecule has 0 N–H and O–H groups in total. The van der Waals surface area contributed by atoms with E-state index in [-0.39, 0.29) is 4.75 Å². The van der Waals surface area contributed by atoms with Crippen molar-refractivity contribution in [1.82, 2.24) is 0 Å². The van der Waals surface area contributed by atoms with Crippen LogP contribution in [0.15, 0.2) is 27.1 Å². The number of benzene rings is 1. The van der Waals surface area contributed by atoms with E-state index in [2.05, 4.69) is 20.3 Å². The predicted molar refractivity (Wildman–Crippen MR) is 79.3 cm³/mol. The van der Waals surface area contributed by atoms with Crippen molar-refractivity contribution in [3.05, 3.63) is 33.3 Å². The molecule has 0 unspecified atom stereocenters. The molecule has 17 heavy (non-hydrogen) atoms. The van der Waals surface area contributed by atoms with E-state index >= 15 is 0 Å². The molecule has 0 spiro atoms. The summed E-state index contributed by atoms with van der Waals surface area (Å²) in [5, 5.41) is 0.624. The summed E-state index contributed by atoms with van der Waals surface area (Å²) in [6, 6.07) is 5.57. The molecule has 0 aliphatic heterocycles. The van der Waals surface area contributed by atoms with E-state index < -0.39 is 11.0 Å². The largest absolute Gasteiger partial charge is 0.234 e. The summed E-state index contributed by atoms with van der Waals surface area (Å²) in [5.41, 5.74) is 1.61. The van der Waals surface area contributed by atoms with Gasteiger partial charge in [0, 0.05) is 4.47 Å². The Morgan fingerprint density at radius 3 is 2.47 bits per heavy atom. The maximum absolute atomic E-state index is 11.9. The lowest BCUT2D eigenvalue weighted by atomic mass is 10.1. The van der Waals surface area contributed by atoms with Crippen molar-refractivity contribution in [1.29, 1.82) is 0 Å². The molecule has 2 nitrogen and oxygen atoms in total. The number of halogens is 2. The molecule has 0 amide bonds. The predicted octanol–water partition coefficient (Wildman–Crippen LogP) is 4.37. The Morgan fingerprint density at radius 2 is 2.00 bits per heavy atom. The first-order valence-electron chi connectivity index (χ1n) is 5.14. The first-order valence-corrected chi connectivity index (χ1v) is 7.42. The third kappa shape index (κ3) is 4.19. The van der Waals surface area contributed by atoms with Crippen LogP contribution < -0.4 is 0 Å². The quantitative estimate of drug-likeness (QED) is 0.737. The second-order valence-electron chi connectivity index (χ2n) is 4.67. The highest BCUT2D eigenvalue weighted by atomic mass is 79.9. The molecule has 1 aromatic carbocycles. The lowest BCUT2D eigenvalue weighted by Crippen LogP contribution is -2.20. The third-order valence-electron chi connectivity index (χ3n) is 2.08. The summed E-state index contributed by atoms with van der Waals surface area (Å²) in [4.78, 5) is 0. The topological polar surface area (TPSA) is 29.4 Å². The Labute approximate surface area is 118 Å². The van der Waals surface area contributed by atoms with Gasteiger partial charge in [0.1, 0.15) is 11.0 Å². The molecule has 0 heterocycles. The highest BCUT2D eigenvalue weighted by Gasteiger charge is 2.19. The van der Waals surface area contributed by atoms with Crippen molar-refractivity contribution < 1.29 is 4.21 Å². The van der Waals surface area contributed by atoms with Gasteiger partial charge in [-0.3, -0.25) is 0 Å². The molecule has 1 atom stereocenters. The average molecular weight is 337 g/mol. The molecule has 5 heteroatoms. The molecule has 0 aliphatic carbocycles. The first-order chi connectivity index (χ1) is 7.71. The second-order valence-corrected chi connectivity index (χ2v) is 7.83. The van der Waals surface area contributed by atoms with Gasteiger partial charge in [-0.1, -0.05) is 17.7 Å². The molecule has 94 valence electrons. The Bertz CT molecular complexity index is 480. The lowest BCUT2D eigenvalue weighted by molar-refractivity contribution is 0.650. The van der Waals surface area contributed by atoms with Crippen LogP contribution in [0, 0.1) is 0 Å². The fourth-order valence-electron chi connectivity index (χ4n) is 1.04. The van der Waals surface area contributed by atoms with Gasteiger partial charge in [-0.2, -0.15) is 4.40 Å². The van der Waals surface area contributed by atoms with Crippen LogP contribution in [0.3, 0.4) is 0 Å². The molecule has 1 aromatic rings. The van der Waals surface area contributed by atoms with Crippen LogP contribution in [0.4, 0.5) is 0 Å². The van der Waals surface area contributed by atoms with Gasteiger partial charge in [0.2, 0.25) is 0 Å². The van der Waals surface area contributed by atoms with E-state index in [1.807, 2.05) is 45.9 Å². The standard InChI is InChI=1S/C12H15BrClNOS/c1-8(15-17(16)12(2,3)4)9-5-6-10(13)11(14)7-9/h5-7H,1-4H3/t17-/m0/s1. The maximum atomic E-state index is 11.9. The highest BCUT2D eigenvalue weighted by molar-refractivity contribution is 9.10. The van der Waals surface area contributed by atoms with Gasteiger partial charge in [-0.15, -0.1) is 0 Å². The third-order valence-corrected chi connectivity index (χ3v) is 4.80. The fourth-order valence-corrected chi connectivity index (χ4v) is 2.09. The molecule has 0 bridgehead atoms. The smallest absolute Gasteiger partial charge is 0.145 e. The number of nitrogens with zero attached hydrogens (tertiary/aromatic N) is 1. The normalized spacial score (nSPS) is 14.8. The van der Waals surface area contributed by atoms with E-state index in [0.29, 0.717) is 5.02 Å². The van der Waals surface area contributed by atoms with E-state index in [4.69, 9.17) is 11.6 Å². The van der Waals surface area contributed by atoms with Crippen LogP contribution in [0.1, 0.15) is 33.3 Å². The van der Waals surface area contributed by atoms with E-state index in [0.717, 1.165) is 15.7 Å². The number of hydrogen-bond donors (Lipinski definition) is 0. The Kier molecular flexibility index (Phi) is 4.93. The van der Waals surface area contributed by atoms with Crippen LogP contribution in [-0.4, -0.2) is 14.7 Å². The monoisotopic (exact) mass is 335 g/mol. The summed E-state index contributed by atoms with van der Waals surface area (Å²) in [7, 11) is -1.25. The van der Waals surface area contributed by atoms with E-state index in [1.165, 1.54) is 0 Å². The van der Waals surface area contributed by atoms with Crippen molar-refractivity contribution in [2.75, 3.05) is 0 Å². The Balaban J connectivity index is 3.04. The lowest BCUT2D eigenvalue weighted by Gasteiger charge is -2.14. The first kappa shape index (κ1) is 14.9. The highest BCUT2D eigenvalue weighted by Crippen LogP contribution is 2.24. The zero-order valence-corrected chi connectivity index (χ0v) is 13.4. The van der Waals surface area contributed by atoms with Crippen LogP contribution in [0.5, 0.6) is 0 Å². The van der Waals surface area contributed by atoms with Gasteiger partial charge in [-0.25, -0.2) is 4.21 Å². The van der Waals surface area contributed by atoms with Crippen molar-refractivity contribution in [2.24, 2.45) is 4.40 Å². The van der Waals surface area contributed by atoms with Crippen LogP contribution in [0.25, 0.3) is 0 Å². The van der Waals surface area contributed by atoms with Crippen LogP contribution in [0.2, 0.25) is 5.02 Å². The zero-order valence-electron chi connectivity index (χ0n) is 10.3. The average Bonchev–Trinajstić information content (AvgIpc) is 2.20. The van der Waals surface area contributed by atoms with Crippen molar-refractivity contribution >= 4 is 44.2 Å². The maximum Gasteiger partial charge on any atom is 0.145 e. The summed E-state index contributed by atoms with van der Waals surface area (Å²) in [5.74, 6) is 0. The van der Waals surface area contributed by atoms with Crippen molar-refractivity contribution in [2.45, 2.75) is 32.4 Å². The zero-order chi connectivity index (χ0) is 13.2. The Hall–Kier alpha value is -0.190. The summed E-state index contributed by atoms with van der Waals surface area (Å²) < 4.78 is 16.6. The van der Waals surface area contributed by atoms with Gasteiger partial charge in [0.05, 0.1) is 15.5 Å². The van der Waals surface area contributed by atoms with Crippen molar-refractivity contribution in [3.63, 3.8) is 0 Å². The van der Waals surface area contributed by atoms with Gasteiger partial charge >= 0.3 is 0 Å². The molecule has 0 fully saturated rings. The summed E-state index contributed by atoms with van der Waals surface area (Å²) >= 11 is 9.34. The SMILES string of the molecule is CC(=N[S@@](=O)C(C)(C)C)c1ccc(Br)c(Cl)c1. The van der Waals surface area contributed by atoms with Gasteiger partial charge in [-0.05, 0) is 61.3 Å². The summed E-state index contributed by atoms with van der Waals surface area (Å²) in [6.45, 7) is 7.53. The molecule has 0 aromatic heterocycles. The summed E-state index contributed by atoms with van der Waals surface area (Å²) in [6.07, 6.45) is 0. The van der Waals surface area contributed by atoms with Crippen LogP contribution in [-0.2, 0) is 11.0 Å². The number of rotatable bonds is 2. The molecule has 1 rings (SSSR count).